The van der Waals surface area contributed by atoms with E-state index in [1.54, 1.807) is 0 Å². The highest BCUT2D eigenvalue weighted by Crippen LogP contribution is 2.17. The summed E-state index contributed by atoms with van der Waals surface area (Å²) >= 11 is 0. The van der Waals surface area contributed by atoms with E-state index in [9.17, 15) is 14.4 Å². The molecule has 0 amide bonds. The molecule has 0 aliphatic carbocycles. The molecule has 0 spiro atoms. The summed E-state index contributed by atoms with van der Waals surface area (Å²) in [6, 6.07) is 0. The van der Waals surface area contributed by atoms with Crippen molar-refractivity contribution in [2.75, 3.05) is 13.2 Å². The zero-order chi connectivity index (χ0) is 38.5. The van der Waals surface area contributed by atoms with Crippen molar-refractivity contribution < 1.29 is 28.6 Å². The predicted molar refractivity (Wildman–Crippen MR) is 219 cm³/mol. The number of rotatable bonds is 39. The van der Waals surface area contributed by atoms with Gasteiger partial charge in [0.25, 0.3) is 0 Å². The van der Waals surface area contributed by atoms with Crippen molar-refractivity contribution in [1.82, 2.24) is 0 Å². The van der Waals surface area contributed by atoms with Gasteiger partial charge >= 0.3 is 17.9 Å². The molecule has 0 N–H and O–H groups in total. The third kappa shape index (κ3) is 38.1. The molecule has 0 radical (unpaired) electrons. The quantitative estimate of drug-likeness (QED) is 0.0355. The molecule has 0 aromatic carbocycles. The van der Waals surface area contributed by atoms with Crippen LogP contribution < -0.4 is 0 Å². The van der Waals surface area contributed by atoms with Gasteiger partial charge in [0.15, 0.2) is 6.10 Å². The molecule has 0 heterocycles. The van der Waals surface area contributed by atoms with Crippen molar-refractivity contribution in [3.05, 3.63) is 0 Å². The van der Waals surface area contributed by atoms with Crippen LogP contribution in [0.3, 0.4) is 0 Å². The fourth-order valence-corrected chi connectivity index (χ4v) is 6.67. The van der Waals surface area contributed by atoms with Crippen molar-refractivity contribution in [2.45, 2.75) is 247 Å². The van der Waals surface area contributed by atoms with Crippen LogP contribution in [0, 0.1) is 17.8 Å². The van der Waals surface area contributed by atoms with Crippen LogP contribution in [0.1, 0.15) is 241 Å². The van der Waals surface area contributed by atoms with Gasteiger partial charge in [0, 0.05) is 19.3 Å². The summed E-state index contributed by atoms with van der Waals surface area (Å²) in [6.45, 7) is 13.6. The van der Waals surface area contributed by atoms with E-state index < -0.39 is 6.10 Å². The minimum atomic E-state index is -0.762. The number of ether oxygens (including phenoxy) is 3. The van der Waals surface area contributed by atoms with E-state index in [0.717, 1.165) is 75.5 Å². The molecule has 0 rings (SSSR count). The van der Waals surface area contributed by atoms with Crippen LogP contribution in [0.2, 0.25) is 0 Å². The van der Waals surface area contributed by atoms with Crippen molar-refractivity contribution in [3.8, 4) is 0 Å². The Morgan fingerprint density at radius 2 is 0.673 bits per heavy atom. The van der Waals surface area contributed by atoms with E-state index in [0.29, 0.717) is 19.3 Å². The summed E-state index contributed by atoms with van der Waals surface area (Å²) in [5.41, 5.74) is 0. The van der Waals surface area contributed by atoms with E-state index in [1.165, 1.54) is 122 Å². The number of unbranched alkanes of at least 4 members (excludes halogenated alkanes) is 21. The summed E-state index contributed by atoms with van der Waals surface area (Å²) in [5, 5.41) is 0. The van der Waals surface area contributed by atoms with E-state index in [1.807, 2.05) is 0 Å². The van der Waals surface area contributed by atoms with Crippen LogP contribution in [-0.2, 0) is 28.6 Å². The molecule has 0 fully saturated rings. The van der Waals surface area contributed by atoms with E-state index in [4.69, 9.17) is 14.2 Å². The second-order valence-corrected chi connectivity index (χ2v) is 16.9. The second-order valence-electron chi connectivity index (χ2n) is 16.9. The lowest BCUT2D eigenvalue weighted by Crippen LogP contribution is -2.30. The first-order chi connectivity index (χ1) is 25.1. The fraction of sp³-hybridized carbons (Fsp3) is 0.935. The lowest BCUT2D eigenvalue weighted by molar-refractivity contribution is -0.167. The number of carbonyl (C=O) groups is 3. The Morgan fingerprint density at radius 1 is 0.385 bits per heavy atom. The Bertz CT molecular complexity index is 809. The van der Waals surface area contributed by atoms with Gasteiger partial charge in [-0.1, -0.05) is 202 Å². The largest absolute Gasteiger partial charge is 0.462 e. The molecule has 2 atom stereocenters. The maximum atomic E-state index is 12.7. The van der Waals surface area contributed by atoms with Crippen LogP contribution in [0.15, 0.2) is 0 Å². The van der Waals surface area contributed by atoms with Crippen molar-refractivity contribution in [1.29, 1.82) is 0 Å². The van der Waals surface area contributed by atoms with Gasteiger partial charge in [-0.05, 0) is 37.0 Å². The maximum absolute atomic E-state index is 12.7. The van der Waals surface area contributed by atoms with Gasteiger partial charge in [-0.3, -0.25) is 14.4 Å². The average molecular weight is 737 g/mol. The molecule has 0 saturated carbocycles. The van der Waals surface area contributed by atoms with Crippen LogP contribution in [-0.4, -0.2) is 37.2 Å². The zero-order valence-corrected chi connectivity index (χ0v) is 35.6. The molecule has 0 bridgehead atoms. The Labute approximate surface area is 323 Å². The summed E-state index contributed by atoms with van der Waals surface area (Å²) in [4.78, 5) is 37.7. The first kappa shape index (κ1) is 50.4. The van der Waals surface area contributed by atoms with Crippen molar-refractivity contribution in [2.24, 2.45) is 17.8 Å². The minimum absolute atomic E-state index is 0.0671. The molecule has 0 aromatic heterocycles. The maximum Gasteiger partial charge on any atom is 0.306 e. The molecule has 0 aliphatic rings. The third-order valence-electron chi connectivity index (χ3n) is 10.5. The van der Waals surface area contributed by atoms with E-state index >= 15 is 0 Å². The molecule has 6 nitrogen and oxygen atoms in total. The molecule has 1 unspecified atom stereocenters. The molecule has 0 saturated heterocycles. The molecule has 6 heteroatoms. The van der Waals surface area contributed by atoms with Gasteiger partial charge in [0.2, 0.25) is 0 Å². The van der Waals surface area contributed by atoms with Gasteiger partial charge in [-0.25, -0.2) is 0 Å². The molecule has 0 aliphatic heterocycles. The Morgan fingerprint density at radius 3 is 1.00 bits per heavy atom. The topological polar surface area (TPSA) is 78.9 Å². The predicted octanol–water partition coefficient (Wildman–Crippen LogP) is 14.0. The van der Waals surface area contributed by atoms with E-state index in [-0.39, 0.29) is 31.1 Å². The van der Waals surface area contributed by atoms with Crippen LogP contribution in [0.25, 0.3) is 0 Å². The SMILES string of the molecule is CCC(C)CCCCCCCCC(=O)O[C@@H](COC(=O)CCCCCCCCCCCCCC(C)C)COC(=O)CCCCCCCCCC(C)C. The zero-order valence-electron chi connectivity index (χ0n) is 35.6. The fourth-order valence-electron chi connectivity index (χ4n) is 6.67. The Balaban J connectivity index is 4.33. The van der Waals surface area contributed by atoms with Gasteiger partial charge in [-0.15, -0.1) is 0 Å². The average Bonchev–Trinajstić information content (AvgIpc) is 3.11. The summed E-state index contributed by atoms with van der Waals surface area (Å²) < 4.78 is 16.7. The van der Waals surface area contributed by atoms with Gasteiger partial charge < -0.3 is 14.2 Å². The monoisotopic (exact) mass is 737 g/mol. The molecule has 0 aromatic rings. The van der Waals surface area contributed by atoms with Gasteiger partial charge in [0.05, 0.1) is 0 Å². The highest BCUT2D eigenvalue weighted by molar-refractivity contribution is 5.71. The number of esters is 3. The van der Waals surface area contributed by atoms with Crippen LogP contribution >= 0.6 is 0 Å². The Kier molecular flexibility index (Phi) is 36.6. The first-order valence-corrected chi connectivity index (χ1v) is 22.6. The number of carbonyl (C=O) groups excluding carboxylic acids is 3. The normalized spacial score (nSPS) is 12.7. The van der Waals surface area contributed by atoms with Crippen molar-refractivity contribution >= 4 is 17.9 Å². The second kappa shape index (κ2) is 37.7. The molecule has 308 valence electrons. The van der Waals surface area contributed by atoms with Crippen molar-refractivity contribution in [3.63, 3.8) is 0 Å². The standard InChI is InChI=1S/C46H88O6/c1-7-42(6)34-28-22-18-19-25-31-37-46(49)52-43(39-51-45(48)36-30-24-17-13-15-21-27-33-41(4)5)38-50-44(47)35-29-23-16-12-10-8-9-11-14-20-26-32-40(2)3/h40-43H,7-39H2,1-6H3/t42?,43-/m0/s1. The number of hydrogen-bond acceptors (Lipinski definition) is 6. The summed E-state index contributed by atoms with van der Waals surface area (Å²) in [5.74, 6) is 1.55. The lowest BCUT2D eigenvalue weighted by atomic mass is 10.00. The Hall–Kier alpha value is -1.59. The molecular weight excluding hydrogens is 649 g/mol. The highest BCUT2D eigenvalue weighted by atomic mass is 16.6. The summed E-state index contributed by atoms with van der Waals surface area (Å²) in [6.07, 6.45) is 33.8. The van der Waals surface area contributed by atoms with Gasteiger partial charge in [-0.2, -0.15) is 0 Å². The molecular formula is C46H88O6. The van der Waals surface area contributed by atoms with E-state index in [2.05, 4.69) is 41.5 Å². The number of hydrogen-bond donors (Lipinski definition) is 0. The first-order valence-electron chi connectivity index (χ1n) is 22.6. The van der Waals surface area contributed by atoms with Crippen LogP contribution in [0.5, 0.6) is 0 Å². The smallest absolute Gasteiger partial charge is 0.306 e. The minimum Gasteiger partial charge on any atom is -0.462 e. The lowest BCUT2D eigenvalue weighted by Gasteiger charge is -2.18. The van der Waals surface area contributed by atoms with Gasteiger partial charge in [0.1, 0.15) is 13.2 Å². The van der Waals surface area contributed by atoms with Crippen LogP contribution in [0.4, 0.5) is 0 Å². The molecule has 52 heavy (non-hydrogen) atoms. The highest BCUT2D eigenvalue weighted by Gasteiger charge is 2.19. The summed E-state index contributed by atoms with van der Waals surface area (Å²) in [7, 11) is 0. The third-order valence-corrected chi connectivity index (χ3v) is 10.5.